The maximum Gasteiger partial charge on any atom is 0.0586 e. The normalized spacial score (nSPS) is 22.9. The van der Waals surface area contributed by atoms with Gasteiger partial charge in [-0.25, -0.2) is 0 Å². The molecule has 1 aliphatic rings. The summed E-state index contributed by atoms with van der Waals surface area (Å²) in [6.07, 6.45) is 3.73. The lowest BCUT2D eigenvalue weighted by Gasteiger charge is -2.36. The third-order valence-electron chi connectivity index (χ3n) is 3.29. The van der Waals surface area contributed by atoms with Gasteiger partial charge in [-0.05, 0) is 44.2 Å². The summed E-state index contributed by atoms with van der Waals surface area (Å²) < 4.78 is 0. The Labute approximate surface area is 88.3 Å². The summed E-state index contributed by atoms with van der Waals surface area (Å²) in [5.41, 5.74) is 0. The Balaban J connectivity index is 2.36. The van der Waals surface area contributed by atoms with Gasteiger partial charge >= 0.3 is 0 Å². The van der Waals surface area contributed by atoms with Crippen molar-refractivity contribution in [2.75, 3.05) is 19.7 Å². The van der Waals surface area contributed by atoms with E-state index in [-0.39, 0.29) is 0 Å². The molecule has 0 saturated carbocycles. The van der Waals surface area contributed by atoms with Crippen LogP contribution in [0.25, 0.3) is 0 Å². The van der Waals surface area contributed by atoms with Crippen LogP contribution in [0.1, 0.15) is 40.0 Å². The molecule has 0 aliphatic carbocycles. The van der Waals surface area contributed by atoms with Gasteiger partial charge in [-0.15, -0.1) is 0 Å². The summed E-state index contributed by atoms with van der Waals surface area (Å²) >= 11 is 0. The van der Waals surface area contributed by atoms with E-state index in [1.165, 1.54) is 25.9 Å². The smallest absolute Gasteiger partial charge is 0.0586 e. The standard InChI is InChI=1S/C12H25NO/c1-10(2)8-12(9-14)13-6-4-11(3)5-7-13/h10-12,14H,4-9H2,1-3H3. The van der Waals surface area contributed by atoms with Gasteiger partial charge in [0.25, 0.3) is 0 Å². The van der Waals surface area contributed by atoms with E-state index in [1.54, 1.807) is 0 Å². The fourth-order valence-electron chi connectivity index (χ4n) is 2.28. The number of hydrogen-bond donors (Lipinski definition) is 1. The monoisotopic (exact) mass is 199 g/mol. The van der Waals surface area contributed by atoms with Gasteiger partial charge in [0.2, 0.25) is 0 Å². The number of nitrogens with zero attached hydrogens (tertiary/aromatic N) is 1. The highest BCUT2D eigenvalue weighted by molar-refractivity contribution is 4.77. The minimum atomic E-state index is 0.326. The molecule has 1 saturated heterocycles. The largest absolute Gasteiger partial charge is 0.395 e. The Hall–Kier alpha value is -0.0800. The summed E-state index contributed by atoms with van der Waals surface area (Å²) in [7, 11) is 0. The molecule has 0 aromatic rings. The second kappa shape index (κ2) is 5.72. The first kappa shape index (κ1) is 12.0. The predicted octanol–water partition coefficient (Wildman–Crippen LogP) is 2.13. The SMILES string of the molecule is CC(C)CC(CO)N1CCC(C)CC1. The number of aliphatic hydroxyl groups is 1. The molecule has 2 nitrogen and oxygen atoms in total. The van der Waals surface area contributed by atoms with Crippen molar-refractivity contribution in [1.29, 1.82) is 0 Å². The van der Waals surface area contributed by atoms with Gasteiger partial charge < -0.3 is 5.11 Å². The van der Waals surface area contributed by atoms with E-state index in [9.17, 15) is 5.11 Å². The minimum absolute atomic E-state index is 0.326. The lowest BCUT2D eigenvalue weighted by Crippen LogP contribution is -2.43. The number of rotatable bonds is 4. The molecule has 0 bridgehead atoms. The van der Waals surface area contributed by atoms with Gasteiger partial charge in [-0.3, -0.25) is 4.90 Å². The molecule has 0 aromatic carbocycles. The molecular formula is C12H25NO. The summed E-state index contributed by atoms with van der Waals surface area (Å²) in [6.45, 7) is 9.48. The Morgan fingerprint density at radius 3 is 2.29 bits per heavy atom. The number of aliphatic hydroxyl groups excluding tert-OH is 1. The van der Waals surface area contributed by atoms with Gasteiger partial charge in [0.05, 0.1) is 6.61 Å². The van der Waals surface area contributed by atoms with E-state index in [2.05, 4.69) is 25.7 Å². The van der Waals surface area contributed by atoms with E-state index in [0.29, 0.717) is 18.6 Å². The molecule has 2 heteroatoms. The zero-order valence-corrected chi connectivity index (χ0v) is 9.87. The molecule has 0 aromatic heterocycles. The van der Waals surface area contributed by atoms with Crippen molar-refractivity contribution in [1.82, 2.24) is 4.90 Å². The average molecular weight is 199 g/mol. The van der Waals surface area contributed by atoms with Gasteiger partial charge in [0.15, 0.2) is 0 Å². The molecule has 1 rings (SSSR count). The van der Waals surface area contributed by atoms with Gasteiger partial charge in [-0.2, -0.15) is 0 Å². The first-order chi connectivity index (χ1) is 6.63. The molecule has 84 valence electrons. The maximum atomic E-state index is 9.35. The Kier molecular flexibility index (Phi) is 4.90. The van der Waals surface area contributed by atoms with Crippen LogP contribution in [-0.4, -0.2) is 35.7 Å². The van der Waals surface area contributed by atoms with Gasteiger partial charge in [0.1, 0.15) is 0 Å². The number of piperidine rings is 1. The lowest BCUT2D eigenvalue weighted by atomic mass is 9.95. The summed E-state index contributed by atoms with van der Waals surface area (Å²) in [6, 6.07) is 0.405. The molecule has 0 radical (unpaired) electrons. The second-order valence-corrected chi connectivity index (χ2v) is 5.18. The van der Waals surface area contributed by atoms with Crippen LogP contribution in [0.4, 0.5) is 0 Å². The molecule has 1 fully saturated rings. The Bertz CT molecular complexity index is 150. The fourth-order valence-corrected chi connectivity index (χ4v) is 2.28. The summed E-state index contributed by atoms with van der Waals surface area (Å²) in [5, 5.41) is 9.35. The average Bonchev–Trinajstić information content (AvgIpc) is 2.15. The van der Waals surface area contributed by atoms with Crippen LogP contribution in [0.3, 0.4) is 0 Å². The highest BCUT2D eigenvalue weighted by Gasteiger charge is 2.23. The van der Waals surface area contributed by atoms with E-state index in [4.69, 9.17) is 0 Å². The maximum absolute atomic E-state index is 9.35. The number of hydrogen-bond acceptors (Lipinski definition) is 2. The molecule has 1 atom stereocenters. The summed E-state index contributed by atoms with van der Waals surface area (Å²) in [5.74, 6) is 1.57. The van der Waals surface area contributed by atoms with Crippen molar-refractivity contribution in [2.45, 2.75) is 46.1 Å². The van der Waals surface area contributed by atoms with Crippen LogP contribution >= 0.6 is 0 Å². The van der Waals surface area contributed by atoms with E-state index in [0.717, 1.165) is 12.3 Å². The molecule has 1 N–H and O–H groups in total. The van der Waals surface area contributed by atoms with Crippen LogP contribution in [0, 0.1) is 11.8 Å². The van der Waals surface area contributed by atoms with Crippen LogP contribution in [0.2, 0.25) is 0 Å². The van der Waals surface area contributed by atoms with Crippen molar-refractivity contribution >= 4 is 0 Å². The van der Waals surface area contributed by atoms with Crippen molar-refractivity contribution in [3.8, 4) is 0 Å². The van der Waals surface area contributed by atoms with Crippen molar-refractivity contribution < 1.29 is 5.11 Å². The van der Waals surface area contributed by atoms with E-state index >= 15 is 0 Å². The minimum Gasteiger partial charge on any atom is -0.395 e. The third kappa shape index (κ3) is 3.58. The second-order valence-electron chi connectivity index (χ2n) is 5.18. The molecular weight excluding hydrogens is 174 g/mol. The Morgan fingerprint density at radius 2 is 1.86 bits per heavy atom. The molecule has 14 heavy (non-hydrogen) atoms. The predicted molar refractivity (Wildman–Crippen MR) is 60.3 cm³/mol. The number of likely N-dealkylation sites (tertiary alicyclic amines) is 1. The van der Waals surface area contributed by atoms with Crippen molar-refractivity contribution in [3.63, 3.8) is 0 Å². The third-order valence-corrected chi connectivity index (χ3v) is 3.29. The first-order valence-electron chi connectivity index (χ1n) is 5.98. The fraction of sp³-hybridized carbons (Fsp3) is 1.00. The molecule has 0 spiro atoms. The zero-order chi connectivity index (χ0) is 10.6. The highest BCUT2D eigenvalue weighted by Crippen LogP contribution is 2.20. The first-order valence-corrected chi connectivity index (χ1v) is 5.98. The molecule has 1 aliphatic heterocycles. The summed E-state index contributed by atoms with van der Waals surface area (Å²) in [4.78, 5) is 2.47. The van der Waals surface area contributed by atoms with Gasteiger partial charge in [-0.1, -0.05) is 20.8 Å². The van der Waals surface area contributed by atoms with E-state index < -0.39 is 0 Å². The molecule has 0 amide bonds. The quantitative estimate of drug-likeness (QED) is 0.749. The van der Waals surface area contributed by atoms with Crippen LogP contribution in [-0.2, 0) is 0 Å². The van der Waals surface area contributed by atoms with Crippen LogP contribution < -0.4 is 0 Å². The molecule has 1 heterocycles. The Morgan fingerprint density at radius 1 is 1.29 bits per heavy atom. The lowest BCUT2D eigenvalue weighted by molar-refractivity contribution is 0.0771. The van der Waals surface area contributed by atoms with Crippen LogP contribution in [0.5, 0.6) is 0 Å². The molecule has 1 unspecified atom stereocenters. The van der Waals surface area contributed by atoms with Gasteiger partial charge in [0, 0.05) is 6.04 Å². The highest BCUT2D eigenvalue weighted by atomic mass is 16.3. The van der Waals surface area contributed by atoms with Crippen molar-refractivity contribution in [3.05, 3.63) is 0 Å². The topological polar surface area (TPSA) is 23.5 Å². The zero-order valence-electron chi connectivity index (χ0n) is 9.87. The van der Waals surface area contributed by atoms with Crippen LogP contribution in [0.15, 0.2) is 0 Å². The van der Waals surface area contributed by atoms with E-state index in [1.807, 2.05) is 0 Å². The van der Waals surface area contributed by atoms with Crippen molar-refractivity contribution in [2.24, 2.45) is 11.8 Å².